The van der Waals surface area contributed by atoms with Gasteiger partial charge in [0.25, 0.3) is 0 Å². The minimum absolute atomic E-state index is 0.710. The molecule has 0 spiro atoms. The van der Waals surface area contributed by atoms with Crippen LogP contribution in [0.4, 0.5) is 0 Å². The number of nitrogens with zero attached hydrogens (tertiary/aromatic N) is 3. The Balaban J connectivity index is 1.54. The molecule has 0 N–H and O–H groups in total. The zero-order chi connectivity index (χ0) is 26.7. The fraction of sp³-hybridized carbons (Fsp3) is 0.118. The highest BCUT2D eigenvalue weighted by Crippen LogP contribution is 2.39. The lowest BCUT2D eigenvalue weighted by molar-refractivity contribution is 0.667. The molecular weight excluding hydrogens is 466 g/mol. The van der Waals surface area contributed by atoms with Crippen LogP contribution in [0.1, 0.15) is 32.4 Å². The molecule has 0 aliphatic heterocycles. The first-order valence-corrected chi connectivity index (χ1v) is 12.9. The van der Waals surface area contributed by atoms with Crippen LogP contribution in [0.25, 0.3) is 61.3 Å². The van der Waals surface area contributed by atoms with Gasteiger partial charge in [-0.15, -0.1) is 0 Å². The average Bonchev–Trinajstić information content (AvgIpc) is 3.52. The number of hydrogen-bond donors (Lipinski definition) is 0. The van der Waals surface area contributed by atoms with Crippen LogP contribution in [0.2, 0.25) is 0 Å². The smallest absolute Gasteiger partial charge is 0.149 e. The fourth-order valence-corrected chi connectivity index (χ4v) is 5.29. The zero-order valence-corrected chi connectivity index (χ0v) is 21.6. The Morgan fingerprint density at radius 2 is 1.55 bits per heavy atom. The standard InChI is InChI=1S/C34H27N3O/c1-21(2)24-17-18-26-27-15-10-16-28(33(27)38-31(26)19-24)34-36-32-22(3)35-29(23-11-6-4-7-12-23)20-30(32)37(34)25-13-8-5-9-14-25/h4-21H,1-3H3/i21D. The lowest BCUT2D eigenvalue weighted by Gasteiger charge is -2.11. The van der Waals surface area contributed by atoms with E-state index in [1.807, 2.05) is 69.3 Å². The molecule has 0 aliphatic carbocycles. The highest BCUT2D eigenvalue weighted by Gasteiger charge is 2.21. The third kappa shape index (κ3) is 3.52. The number of aromatic nitrogens is 3. The van der Waals surface area contributed by atoms with Crippen molar-refractivity contribution >= 4 is 33.0 Å². The molecule has 4 nitrogen and oxygen atoms in total. The maximum Gasteiger partial charge on any atom is 0.149 e. The summed E-state index contributed by atoms with van der Waals surface area (Å²) in [4.78, 5) is 10.1. The van der Waals surface area contributed by atoms with Crippen LogP contribution >= 0.6 is 0 Å². The first-order valence-electron chi connectivity index (χ1n) is 13.4. The van der Waals surface area contributed by atoms with Crippen molar-refractivity contribution in [3.8, 4) is 28.3 Å². The van der Waals surface area contributed by atoms with Gasteiger partial charge in [-0.05, 0) is 48.7 Å². The summed E-state index contributed by atoms with van der Waals surface area (Å²) in [5.41, 5.74) is 9.13. The second kappa shape index (κ2) is 8.70. The van der Waals surface area contributed by atoms with Gasteiger partial charge in [0.05, 0.1) is 22.5 Å². The van der Waals surface area contributed by atoms with Gasteiger partial charge in [-0.25, -0.2) is 4.98 Å². The molecule has 7 aromatic rings. The molecule has 184 valence electrons. The summed E-state index contributed by atoms with van der Waals surface area (Å²) in [6.45, 7) is 5.81. The van der Waals surface area contributed by atoms with E-state index in [0.717, 1.165) is 72.6 Å². The molecule has 0 radical (unpaired) electrons. The Bertz CT molecular complexity index is 2000. The monoisotopic (exact) mass is 494 g/mol. The van der Waals surface area contributed by atoms with E-state index in [1.165, 1.54) is 0 Å². The van der Waals surface area contributed by atoms with Crippen molar-refractivity contribution in [1.82, 2.24) is 14.5 Å². The SMILES string of the molecule is [2H]C(C)(C)c1ccc2c(c1)oc1c(-c3nc4c(C)nc(-c5ccccc5)cc4n3-c3ccccc3)cccc12. The van der Waals surface area contributed by atoms with E-state index in [-0.39, 0.29) is 0 Å². The van der Waals surface area contributed by atoms with Crippen LogP contribution < -0.4 is 0 Å². The fourth-order valence-electron chi connectivity index (χ4n) is 5.29. The first-order chi connectivity index (χ1) is 18.9. The van der Waals surface area contributed by atoms with Gasteiger partial charge in [0.1, 0.15) is 22.5 Å². The summed E-state index contributed by atoms with van der Waals surface area (Å²) >= 11 is 0. The third-order valence-electron chi connectivity index (χ3n) is 7.22. The van der Waals surface area contributed by atoms with Gasteiger partial charge in [-0.3, -0.25) is 9.55 Å². The van der Waals surface area contributed by atoms with Crippen molar-refractivity contribution < 1.29 is 5.79 Å². The summed E-state index contributed by atoms with van der Waals surface area (Å²) in [6, 6.07) is 35.0. The second-order valence-corrected chi connectivity index (χ2v) is 9.93. The number of para-hydroxylation sites is 2. The number of hydrogen-bond acceptors (Lipinski definition) is 3. The number of aryl methyl sites for hydroxylation is 1. The number of rotatable bonds is 4. The molecule has 0 aliphatic rings. The summed E-state index contributed by atoms with van der Waals surface area (Å²) < 4.78 is 17.2. The Kier molecular flexibility index (Phi) is 4.90. The third-order valence-corrected chi connectivity index (χ3v) is 7.22. The van der Waals surface area contributed by atoms with Gasteiger partial charge in [-0.1, -0.05) is 86.6 Å². The minimum atomic E-state index is -0.710. The first kappa shape index (κ1) is 21.4. The Morgan fingerprint density at radius 1 is 0.789 bits per heavy atom. The predicted octanol–water partition coefficient (Wildman–Crippen LogP) is 9.09. The van der Waals surface area contributed by atoms with E-state index in [4.69, 9.17) is 15.8 Å². The van der Waals surface area contributed by atoms with E-state index < -0.39 is 5.89 Å². The normalized spacial score (nSPS) is 12.4. The summed E-state index contributed by atoms with van der Waals surface area (Å²) in [6.07, 6.45) is 0. The molecule has 4 aromatic carbocycles. The summed E-state index contributed by atoms with van der Waals surface area (Å²) in [7, 11) is 0. The van der Waals surface area contributed by atoms with Crippen molar-refractivity contribution in [3.05, 3.63) is 114 Å². The molecule has 0 fully saturated rings. The molecule has 3 aromatic heterocycles. The number of benzene rings is 4. The van der Waals surface area contributed by atoms with E-state index in [2.05, 4.69) is 59.2 Å². The number of fused-ring (bicyclic) bond motifs is 4. The van der Waals surface area contributed by atoms with Gasteiger partial charge in [0.15, 0.2) is 0 Å². The van der Waals surface area contributed by atoms with Crippen molar-refractivity contribution in [2.24, 2.45) is 0 Å². The van der Waals surface area contributed by atoms with Crippen molar-refractivity contribution in [2.75, 3.05) is 0 Å². The Labute approximate surface area is 222 Å². The van der Waals surface area contributed by atoms with Crippen LogP contribution in [0, 0.1) is 6.92 Å². The Morgan fingerprint density at radius 3 is 2.32 bits per heavy atom. The quantitative estimate of drug-likeness (QED) is 0.245. The summed E-state index contributed by atoms with van der Waals surface area (Å²) in [5.74, 6) is 0.0927. The van der Waals surface area contributed by atoms with Gasteiger partial charge in [0, 0.05) is 23.4 Å². The van der Waals surface area contributed by atoms with Gasteiger partial charge in [0.2, 0.25) is 0 Å². The maximum absolute atomic E-state index is 8.48. The predicted molar refractivity (Wildman–Crippen MR) is 156 cm³/mol. The average molecular weight is 495 g/mol. The molecule has 0 unspecified atom stereocenters. The largest absolute Gasteiger partial charge is 0.455 e. The molecule has 3 heterocycles. The number of imidazole rings is 1. The molecule has 38 heavy (non-hydrogen) atoms. The van der Waals surface area contributed by atoms with Gasteiger partial charge >= 0.3 is 0 Å². The zero-order valence-electron chi connectivity index (χ0n) is 22.6. The van der Waals surface area contributed by atoms with E-state index in [0.29, 0.717) is 0 Å². The van der Waals surface area contributed by atoms with Crippen LogP contribution in [0.5, 0.6) is 0 Å². The summed E-state index contributed by atoms with van der Waals surface area (Å²) in [5, 5.41) is 2.06. The highest BCUT2D eigenvalue weighted by molar-refractivity contribution is 6.09. The topological polar surface area (TPSA) is 43.9 Å². The molecule has 4 heteroatoms. The van der Waals surface area contributed by atoms with E-state index in [1.54, 1.807) is 0 Å². The molecular formula is C34H27N3O. The highest BCUT2D eigenvalue weighted by atomic mass is 16.3. The Hall–Kier alpha value is -4.70. The minimum Gasteiger partial charge on any atom is -0.455 e. The van der Waals surface area contributed by atoms with Crippen LogP contribution in [0.15, 0.2) is 108 Å². The maximum atomic E-state index is 8.48. The van der Waals surface area contributed by atoms with Gasteiger partial charge < -0.3 is 4.42 Å². The van der Waals surface area contributed by atoms with Crippen molar-refractivity contribution in [1.29, 1.82) is 0 Å². The lowest BCUT2D eigenvalue weighted by Crippen LogP contribution is -1.98. The second-order valence-electron chi connectivity index (χ2n) is 9.93. The molecule has 0 saturated carbocycles. The number of pyridine rings is 1. The van der Waals surface area contributed by atoms with E-state index in [9.17, 15) is 0 Å². The molecule has 0 saturated heterocycles. The lowest BCUT2D eigenvalue weighted by atomic mass is 10.0. The van der Waals surface area contributed by atoms with Crippen molar-refractivity contribution in [3.63, 3.8) is 0 Å². The van der Waals surface area contributed by atoms with Crippen molar-refractivity contribution in [2.45, 2.75) is 26.7 Å². The van der Waals surface area contributed by atoms with Crippen LogP contribution in [0.3, 0.4) is 0 Å². The number of furan rings is 1. The van der Waals surface area contributed by atoms with Crippen LogP contribution in [-0.4, -0.2) is 14.5 Å². The van der Waals surface area contributed by atoms with Gasteiger partial charge in [-0.2, -0.15) is 0 Å². The molecule has 0 bridgehead atoms. The molecule has 0 atom stereocenters. The van der Waals surface area contributed by atoms with Crippen LogP contribution in [-0.2, 0) is 0 Å². The molecule has 0 amide bonds. The van der Waals surface area contributed by atoms with E-state index >= 15 is 0 Å². The molecule has 7 rings (SSSR count).